The SMILES string of the molecule is C=C(CC(=O)Nc1cccc2ccccc12)NNC(=O)COc1ccccc1C. The van der Waals surface area contributed by atoms with Crippen LogP contribution in [0.4, 0.5) is 5.69 Å². The number of hydrogen-bond donors (Lipinski definition) is 3. The molecule has 6 heteroatoms. The van der Waals surface area contributed by atoms with Crippen molar-refractivity contribution in [2.24, 2.45) is 0 Å². The van der Waals surface area contributed by atoms with E-state index in [-0.39, 0.29) is 24.8 Å². The zero-order valence-corrected chi connectivity index (χ0v) is 16.2. The van der Waals surface area contributed by atoms with Gasteiger partial charge >= 0.3 is 0 Å². The lowest BCUT2D eigenvalue weighted by atomic mass is 10.1. The number of carbonyl (C=O) groups is 2. The largest absolute Gasteiger partial charge is 0.483 e. The zero-order chi connectivity index (χ0) is 20.6. The highest BCUT2D eigenvalue weighted by molar-refractivity contribution is 6.02. The molecule has 0 fully saturated rings. The molecule has 0 aliphatic heterocycles. The smallest absolute Gasteiger partial charge is 0.276 e. The van der Waals surface area contributed by atoms with Crippen LogP contribution in [0.1, 0.15) is 12.0 Å². The summed E-state index contributed by atoms with van der Waals surface area (Å²) in [6.45, 7) is 5.53. The molecule has 0 heterocycles. The van der Waals surface area contributed by atoms with Gasteiger partial charge in [0.1, 0.15) is 5.75 Å². The maximum absolute atomic E-state index is 12.3. The van der Waals surface area contributed by atoms with Gasteiger partial charge < -0.3 is 15.5 Å². The average molecular weight is 389 g/mol. The van der Waals surface area contributed by atoms with Crippen molar-refractivity contribution in [3.63, 3.8) is 0 Å². The molecule has 0 saturated carbocycles. The Balaban J connectivity index is 1.44. The summed E-state index contributed by atoms with van der Waals surface area (Å²) in [4.78, 5) is 24.2. The molecule has 0 aliphatic carbocycles. The van der Waals surface area contributed by atoms with E-state index >= 15 is 0 Å². The molecule has 0 bridgehead atoms. The Morgan fingerprint density at radius 1 is 0.897 bits per heavy atom. The number of benzene rings is 3. The summed E-state index contributed by atoms with van der Waals surface area (Å²) >= 11 is 0. The summed E-state index contributed by atoms with van der Waals surface area (Å²) < 4.78 is 5.47. The van der Waals surface area contributed by atoms with Gasteiger partial charge in [0.05, 0.1) is 6.42 Å². The minimum absolute atomic E-state index is 0.0160. The first-order valence-electron chi connectivity index (χ1n) is 9.21. The molecule has 3 aromatic carbocycles. The predicted molar refractivity (Wildman–Crippen MR) is 114 cm³/mol. The third-order valence-corrected chi connectivity index (χ3v) is 4.27. The van der Waals surface area contributed by atoms with Crippen molar-refractivity contribution in [2.75, 3.05) is 11.9 Å². The summed E-state index contributed by atoms with van der Waals surface area (Å²) in [5, 5.41) is 4.89. The summed E-state index contributed by atoms with van der Waals surface area (Å²) in [5.74, 6) is 0.0454. The Labute approximate surface area is 169 Å². The fourth-order valence-corrected chi connectivity index (χ4v) is 2.82. The fraction of sp³-hybridized carbons (Fsp3) is 0.130. The molecule has 3 aromatic rings. The van der Waals surface area contributed by atoms with Crippen molar-refractivity contribution < 1.29 is 14.3 Å². The number of ether oxygens (including phenoxy) is 1. The van der Waals surface area contributed by atoms with Gasteiger partial charge in [-0.3, -0.25) is 15.0 Å². The Morgan fingerprint density at radius 2 is 1.62 bits per heavy atom. The molecule has 3 N–H and O–H groups in total. The first-order chi connectivity index (χ1) is 14.0. The lowest BCUT2D eigenvalue weighted by Gasteiger charge is -2.13. The van der Waals surface area contributed by atoms with Crippen molar-refractivity contribution in [1.29, 1.82) is 0 Å². The Hall–Kier alpha value is -3.80. The molecular weight excluding hydrogens is 366 g/mol. The Morgan fingerprint density at radius 3 is 2.45 bits per heavy atom. The van der Waals surface area contributed by atoms with Crippen LogP contribution in [0.5, 0.6) is 5.75 Å². The van der Waals surface area contributed by atoms with Crippen LogP contribution in [0.25, 0.3) is 10.8 Å². The molecule has 0 atom stereocenters. The van der Waals surface area contributed by atoms with Gasteiger partial charge in [-0.2, -0.15) is 0 Å². The number of para-hydroxylation sites is 1. The number of amides is 2. The monoisotopic (exact) mass is 389 g/mol. The van der Waals surface area contributed by atoms with E-state index in [0.29, 0.717) is 11.4 Å². The van der Waals surface area contributed by atoms with Gasteiger partial charge in [-0.05, 0) is 30.0 Å². The molecule has 148 valence electrons. The Bertz CT molecular complexity index is 1040. The molecule has 0 aliphatic rings. The third-order valence-electron chi connectivity index (χ3n) is 4.27. The van der Waals surface area contributed by atoms with Crippen molar-refractivity contribution in [2.45, 2.75) is 13.3 Å². The number of anilines is 1. The minimum atomic E-state index is -0.371. The average Bonchev–Trinajstić information content (AvgIpc) is 2.72. The van der Waals surface area contributed by atoms with Crippen LogP contribution >= 0.6 is 0 Å². The number of fused-ring (bicyclic) bond motifs is 1. The lowest BCUT2D eigenvalue weighted by molar-refractivity contribution is -0.124. The molecule has 0 saturated heterocycles. The first-order valence-corrected chi connectivity index (χ1v) is 9.21. The summed E-state index contributed by atoms with van der Waals surface area (Å²) in [6, 6.07) is 21.0. The predicted octanol–water partition coefficient (Wildman–Crippen LogP) is 3.69. The number of rotatable bonds is 8. The highest BCUT2D eigenvalue weighted by Gasteiger charge is 2.09. The van der Waals surface area contributed by atoms with Gasteiger partial charge in [0.15, 0.2) is 6.61 Å². The number of aryl methyl sites for hydroxylation is 1. The number of carbonyl (C=O) groups excluding carboxylic acids is 2. The van der Waals surface area contributed by atoms with Gasteiger partial charge in [-0.1, -0.05) is 61.2 Å². The lowest BCUT2D eigenvalue weighted by Crippen LogP contribution is -2.40. The van der Waals surface area contributed by atoms with Crippen LogP contribution in [0.3, 0.4) is 0 Å². The normalized spacial score (nSPS) is 10.2. The molecule has 29 heavy (non-hydrogen) atoms. The number of hydrogen-bond acceptors (Lipinski definition) is 4. The minimum Gasteiger partial charge on any atom is -0.483 e. The van der Waals surface area contributed by atoms with E-state index in [4.69, 9.17) is 4.74 Å². The van der Waals surface area contributed by atoms with Crippen LogP contribution < -0.4 is 20.9 Å². The van der Waals surface area contributed by atoms with Gasteiger partial charge in [-0.25, -0.2) is 0 Å². The van der Waals surface area contributed by atoms with E-state index in [2.05, 4.69) is 22.7 Å². The molecule has 0 aromatic heterocycles. The quantitative estimate of drug-likeness (QED) is 0.514. The van der Waals surface area contributed by atoms with Crippen molar-refractivity contribution in [3.05, 3.63) is 84.6 Å². The fourth-order valence-electron chi connectivity index (χ4n) is 2.82. The highest BCUT2D eigenvalue weighted by atomic mass is 16.5. The topological polar surface area (TPSA) is 79.5 Å². The van der Waals surface area contributed by atoms with E-state index in [1.54, 1.807) is 6.07 Å². The highest BCUT2D eigenvalue weighted by Crippen LogP contribution is 2.23. The van der Waals surface area contributed by atoms with Crippen LogP contribution in [0.2, 0.25) is 0 Å². The number of hydrazine groups is 1. The maximum Gasteiger partial charge on any atom is 0.276 e. The van der Waals surface area contributed by atoms with Gasteiger partial charge in [0.25, 0.3) is 5.91 Å². The first kappa shape index (κ1) is 19.9. The van der Waals surface area contributed by atoms with E-state index in [1.165, 1.54) is 0 Å². The van der Waals surface area contributed by atoms with Crippen LogP contribution in [0.15, 0.2) is 79.0 Å². The van der Waals surface area contributed by atoms with Crippen molar-refractivity contribution in [3.8, 4) is 5.75 Å². The third kappa shape index (κ3) is 5.59. The Kier molecular flexibility index (Phi) is 6.47. The summed E-state index contributed by atoms with van der Waals surface area (Å²) in [6.07, 6.45) is 0.0160. The number of nitrogens with one attached hydrogen (secondary N) is 3. The van der Waals surface area contributed by atoms with Gasteiger partial charge in [-0.15, -0.1) is 0 Å². The molecule has 6 nitrogen and oxygen atoms in total. The molecule has 0 spiro atoms. The summed E-state index contributed by atoms with van der Waals surface area (Å²) in [5.41, 5.74) is 7.18. The van der Waals surface area contributed by atoms with E-state index in [1.807, 2.05) is 67.6 Å². The van der Waals surface area contributed by atoms with E-state index < -0.39 is 0 Å². The molecule has 2 amide bonds. The molecule has 0 unspecified atom stereocenters. The molecule has 3 rings (SSSR count). The van der Waals surface area contributed by atoms with Gasteiger partial charge in [0.2, 0.25) is 5.91 Å². The second-order valence-corrected chi connectivity index (χ2v) is 6.58. The second-order valence-electron chi connectivity index (χ2n) is 6.58. The van der Waals surface area contributed by atoms with E-state index in [0.717, 1.165) is 22.0 Å². The van der Waals surface area contributed by atoms with E-state index in [9.17, 15) is 9.59 Å². The maximum atomic E-state index is 12.3. The van der Waals surface area contributed by atoms with Crippen LogP contribution in [-0.2, 0) is 9.59 Å². The van der Waals surface area contributed by atoms with Crippen LogP contribution in [0, 0.1) is 6.92 Å². The van der Waals surface area contributed by atoms with Gasteiger partial charge in [0, 0.05) is 16.8 Å². The van der Waals surface area contributed by atoms with Crippen molar-refractivity contribution >= 4 is 28.3 Å². The second kappa shape index (κ2) is 9.41. The summed E-state index contributed by atoms with van der Waals surface area (Å²) in [7, 11) is 0. The van der Waals surface area contributed by atoms with Crippen LogP contribution in [-0.4, -0.2) is 18.4 Å². The molecular formula is C23H23N3O3. The zero-order valence-electron chi connectivity index (χ0n) is 16.2. The molecule has 0 radical (unpaired) electrons. The standard InChI is InChI=1S/C23H23N3O3/c1-16-8-3-6-13-21(16)29-15-23(28)26-25-17(2)14-22(27)24-20-12-7-10-18-9-4-5-11-19(18)20/h3-13,25H,2,14-15H2,1H3,(H,24,27)(H,26,28). The van der Waals surface area contributed by atoms with Crippen molar-refractivity contribution in [1.82, 2.24) is 10.9 Å².